The van der Waals surface area contributed by atoms with Crippen molar-refractivity contribution in [3.63, 3.8) is 0 Å². The van der Waals surface area contributed by atoms with E-state index in [1.54, 1.807) is 6.92 Å². The summed E-state index contributed by atoms with van der Waals surface area (Å²) in [4.78, 5) is 23.0. The van der Waals surface area contributed by atoms with Gasteiger partial charge in [-0.05, 0) is 25.3 Å². The van der Waals surface area contributed by atoms with Crippen molar-refractivity contribution in [3.05, 3.63) is 35.9 Å². The van der Waals surface area contributed by atoms with E-state index >= 15 is 0 Å². The van der Waals surface area contributed by atoms with E-state index in [1.807, 2.05) is 30.3 Å². The van der Waals surface area contributed by atoms with Gasteiger partial charge in [0.15, 0.2) is 0 Å². The second kappa shape index (κ2) is 7.79. The first-order chi connectivity index (χ1) is 10.6. The summed E-state index contributed by atoms with van der Waals surface area (Å²) in [5.74, 6) is -0.279. The molecule has 1 atom stereocenters. The number of nitrogens with one attached hydrogen (secondary N) is 2. The molecule has 0 bridgehead atoms. The van der Waals surface area contributed by atoms with Gasteiger partial charge in [-0.3, -0.25) is 4.79 Å². The molecule has 0 radical (unpaired) electrons. The molecule has 1 saturated carbocycles. The Hall–Kier alpha value is -2.08. The number of methoxy groups -OCH3 is 1. The highest BCUT2D eigenvalue weighted by Gasteiger charge is 2.32. The van der Waals surface area contributed by atoms with E-state index in [0.717, 1.165) is 18.4 Å². The van der Waals surface area contributed by atoms with Crippen molar-refractivity contribution in [2.24, 2.45) is 0 Å². The lowest BCUT2D eigenvalue weighted by Crippen LogP contribution is -2.55. The predicted molar refractivity (Wildman–Crippen MR) is 81.2 cm³/mol. The van der Waals surface area contributed by atoms with Crippen LogP contribution in [-0.4, -0.2) is 37.3 Å². The van der Waals surface area contributed by atoms with Crippen LogP contribution in [0.3, 0.4) is 0 Å². The Kier molecular flexibility index (Phi) is 5.77. The SMILES string of the molecule is COC(=O)C(C)NC1CC(NC(=O)OCc2ccccc2)C1. The maximum atomic E-state index is 11.7. The lowest BCUT2D eigenvalue weighted by atomic mass is 9.86. The Bertz CT molecular complexity index is 500. The molecule has 1 aliphatic rings. The van der Waals surface area contributed by atoms with Gasteiger partial charge in [-0.15, -0.1) is 0 Å². The molecule has 1 aliphatic carbocycles. The Balaban J connectivity index is 1.61. The van der Waals surface area contributed by atoms with Gasteiger partial charge < -0.3 is 20.1 Å². The minimum absolute atomic E-state index is 0.0885. The third-order valence-corrected chi connectivity index (χ3v) is 3.71. The van der Waals surface area contributed by atoms with Crippen LogP contribution in [0, 0.1) is 0 Å². The molecular weight excluding hydrogens is 284 g/mol. The summed E-state index contributed by atoms with van der Waals surface area (Å²) >= 11 is 0. The standard InChI is InChI=1S/C16H22N2O4/c1-11(15(19)21-2)17-13-8-14(9-13)18-16(20)22-10-12-6-4-3-5-7-12/h3-7,11,13-14,17H,8-10H2,1-2H3,(H,18,20). The van der Waals surface area contributed by atoms with Crippen LogP contribution in [0.25, 0.3) is 0 Å². The summed E-state index contributed by atoms with van der Waals surface area (Å²) in [6, 6.07) is 9.51. The summed E-state index contributed by atoms with van der Waals surface area (Å²) in [6.07, 6.45) is 1.15. The van der Waals surface area contributed by atoms with E-state index in [-0.39, 0.29) is 30.7 Å². The molecule has 2 N–H and O–H groups in total. The summed E-state index contributed by atoms with van der Waals surface area (Å²) < 4.78 is 9.82. The monoisotopic (exact) mass is 306 g/mol. The van der Waals surface area contributed by atoms with Crippen molar-refractivity contribution in [1.82, 2.24) is 10.6 Å². The van der Waals surface area contributed by atoms with Crippen LogP contribution >= 0.6 is 0 Å². The first kappa shape index (κ1) is 16.3. The molecule has 1 aromatic carbocycles. The van der Waals surface area contributed by atoms with Gasteiger partial charge in [0, 0.05) is 12.1 Å². The fourth-order valence-corrected chi connectivity index (χ4v) is 2.40. The van der Waals surface area contributed by atoms with Crippen molar-refractivity contribution in [1.29, 1.82) is 0 Å². The van der Waals surface area contributed by atoms with Gasteiger partial charge >= 0.3 is 12.1 Å². The normalized spacial score (nSPS) is 21.4. The highest BCUT2D eigenvalue weighted by molar-refractivity contribution is 5.75. The molecule has 6 nitrogen and oxygen atoms in total. The average molecular weight is 306 g/mol. The zero-order valence-electron chi connectivity index (χ0n) is 12.9. The minimum atomic E-state index is -0.409. The van der Waals surface area contributed by atoms with Gasteiger partial charge in [0.05, 0.1) is 7.11 Å². The molecular formula is C16H22N2O4. The molecule has 0 saturated heterocycles. The Morgan fingerprint density at radius 2 is 1.91 bits per heavy atom. The third-order valence-electron chi connectivity index (χ3n) is 3.71. The number of carbonyl (C=O) groups excluding carboxylic acids is 2. The molecule has 6 heteroatoms. The van der Waals surface area contributed by atoms with Crippen molar-refractivity contribution < 1.29 is 19.1 Å². The fourth-order valence-electron chi connectivity index (χ4n) is 2.40. The first-order valence-corrected chi connectivity index (χ1v) is 7.39. The summed E-state index contributed by atoms with van der Waals surface area (Å²) in [5, 5.41) is 5.98. The lowest BCUT2D eigenvalue weighted by molar-refractivity contribution is -0.143. The van der Waals surface area contributed by atoms with E-state index < -0.39 is 6.09 Å². The van der Waals surface area contributed by atoms with E-state index in [1.165, 1.54) is 7.11 Å². The van der Waals surface area contributed by atoms with Crippen LogP contribution < -0.4 is 10.6 Å². The zero-order chi connectivity index (χ0) is 15.9. The summed E-state index contributed by atoms with van der Waals surface area (Å²) in [7, 11) is 1.37. The fraction of sp³-hybridized carbons (Fsp3) is 0.500. The van der Waals surface area contributed by atoms with Gasteiger partial charge in [-0.25, -0.2) is 4.79 Å². The quantitative estimate of drug-likeness (QED) is 0.781. The maximum Gasteiger partial charge on any atom is 0.407 e. The van der Waals surface area contributed by atoms with E-state index in [0.29, 0.717) is 0 Å². The number of hydrogen-bond acceptors (Lipinski definition) is 5. The number of rotatable bonds is 6. The number of alkyl carbamates (subject to hydrolysis) is 1. The van der Waals surface area contributed by atoms with Crippen molar-refractivity contribution in [3.8, 4) is 0 Å². The number of esters is 1. The number of ether oxygens (including phenoxy) is 2. The topological polar surface area (TPSA) is 76.7 Å². The Labute approximate surface area is 130 Å². The first-order valence-electron chi connectivity index (χ1n) is 7.39. The number of hydrogen-bond donors (Lipinski definition) is 2. The van der Waals surface area contributed by atoms with Crippen LogP contribution in [0.5, 0.6) is 0 Å². The molecule has 0 aliphatic heterocycles. The largest absolute Gasteiger partial charge is 0.468 e. The van der Waals surface area contributed by atoms with Gasteiger partial charge in [-0.1, -0.05) is 30.3 Å². The van der Waals surface area contributed by atoms with Gasteiger partial charge in [0.2, 0.25) is 0 Å². The third kappa shape index (κ3) is 4.73. The van der Waals surface area contributed by atoms with Crippen LogP contribution in [0.15, 0.2) is 30.3 Å². The van der Waals surface area contributed by atoms with Crippen LogP contribution in [-0.2, 0) is 20.9 Å². The van der Waals surface area contributed by atoms with Crippen LogP contribution in [0.1, 0.15) is 25.3 Å². The predicted octanol–water partition coefficient (Wildman–Crippen LogP) is 1.59. The molecule has 0 spiro atoms. The smallest absolute Gasteiger partial charge is 0.407 e. The van der Waals surface area contributed by atoms with Crippen molar-refractivity contribution in [2.75, 3.05) is 7.11 Å². The summed E-state index contributed by atoms with van der Waals surface area (Å²) in [6.45, 7) is 2.03. The molecule has 1 unspecified atom stereocenters. The Morgan fingerprint density at radius 1 is 1.23 bits per heavy atom. The van der Waals surface area contributed by atoms with E-state index in [2.05, 4.69) is 15.4 Å². The van der Waals surface area contributed by atoms with Gasteiger partial charge in [0.1, 0.15) is 12.6 Å². The maximum absolute atomic E-state index is 11.7. The number of benzene rings is 1. The lowest BCUT2D eigenvalue weighted by Gasteiger charge is -2.37. The highest BCUT2D eigenvalue weighted by atomic mass is 16.5. The van der Waals surface area contributed by atoms with E-state index in [4.69, 9.17) is 4.74 Å². The summed E-state index contributed by atoms with van der Waals surface area (Å²) in [5.41, 5.74) is 0.956. The Morgan fingerprint density at radius 3 is 2.55 bits per heavy atom. The molecule has 1 amide bonds. The zero-order valence-corrected chi connectivity index (χ0v) is 12.9. The van der Waals surface area contributed by atoms with Crippen molar-refractivity contribution in [2.45, 2.75) is 44.5 Å². The highest BCUT2D eigenvalue weighted by Crippen LogP contribution is 2.20. The second-order valence-corrected chi connectivity index (χ2v) is 5.48. The number of amides is 1. The molecule has 22 heavy (non-hydrogen) atoms. The number of carbonyl (C=O) groups is 2. The molecule has 0 aromatic heterocycles. The average Bonchev–Trinajstić information content (AvgIpc) is 2.50. The molecule has 120 valence electrons. The second-order valence-electron chi connectivity index (χ2n) is 5.48. The molecule has 1 aromatic rings. The molecule has 0 heterocycles. The van der Waals surface area contributed by atoms with Crippen molar-refractivity contribution >= 4 is 12.1 Å². The van der Waals surface area contributed by atoms with Gasteiger partial charge in [0.25, 0.3) is 0 Å². The minimum Gasteiger partial charge on any atom is -0.468 e. The van der Waals surface area contributed by atoms with E-state index in [9.17, 15) is 9.59 Å². The molecule has 2 rings (SSSR count). The van der Waals surface area contributed by atoms with Crippen LogP contribution in [0.4, 0.5) is 4.79 Å². The van der Waals surface area contributed by atoms with Gasteiger partial charge in [-0.2, -0.15) is 0 Å². The molecule has 1 fully saturated rings. The van der Waals surface area contributed by atoms with Crippen LogP contribution in [0.2, 0.25) is 0 Å².